The first kappa shape index (κ1) is 20.0. The van der Waals surface area contributed by atoms with Gasteiger partial charge in [0.25, 0.3) is 17.4 Å². The van der Waals surface area contributed by atoms with E-state index in [1.54, 1.807) is 66.0 Å². The Hall–Kier alpha value is -2.74. The molecule has 0 aromatic heterocycles. The fraction of sp³-hybridized carbons (Fsp3) is 0.500. The van der Waals surface area contributed by atoms with E-state index in [4.69, 9.17) is 14.2 Å². The third-order valence-corrected chi connectivity index (χ3v) is 4.48. The molecule has 3 rings (SSSR count). The van der Waals surface area contributed by atoms with E-state index >= 15 is 0 Å². The summed E-state index contributed by atoms with van der Waals surface area (Å²) in [6.07, 6.45) is 1.34. The quantitative estimate of drug-likeness (QED) is 0.600. The number of β-lactam (4-membered cyclic amide) rings is 1. The summed E-state index contributed by atoms with van der Waals surface area (Å²) >= 11 is 0. The van der Waals surface area contributed by atoms with E-state index in [9.17, 15) is 14.7 Å². The van der Waals surface area contributed by atoms with Crippen molar-refractivity contribution in [3.8, 4) is 5.75 Å². The van der Waals surface area contributed by atoms with Gasteiger partial charge < -0.3 is 24.6 Å². The number of anilines is 1. The molecule has 8 nitrogen and oxygen atoms in total. The van der Waals surface area contributed by atoms with Gasteiger partial charge >= 0.3 is 0 Å². The number of hydrogen-bond donors (Lipinski definition) is 2. The monoisotopic (exact) mass is 390 g/mol. The number of nitrogens with one attached hydrogen (secondary N) is 1. The Kier molecular flexibility index (Phi) is 4.58. The van der Waals surface area contributed by atoms with E-state index in [0.29, 0.717) is 11.4 Å². The highest BCUT2D eigenvalue weighted by atomic mass is 16.7. The van der Waals surface area contributed by atoms with Gasteiger partial charge in [0.05, 0.1) is 7.11 Å². The summed E-state index contributed by atoms with van der Waals surface area (Å²) in [5, 5.41) is 13.8. The maximum absolute atomic E-state index is 13.0. The van der Waals surface area contributed by atoms with E-state index in [-0.39, 0.29) is 5.76 Å². The summed E-state index contributed by atoms with van der Waals surface area (Å²) in [6, 6.07) is 5.67. The minimum absolute atomic E-state index is 0.201. The highest BCUT2D eigenvalue weighted by Gasteiger charge is 2.69. The summed E-state index contributed by atoms with van der Waals surface area (Å²) < 4.78 is 16.4. The van der Waals surface area contributed by atoms with Crippen LogP contribution in [0.1, 0.15) is 34.6 Å². The Morgan fingerprint density at radius 1 is 1.25 bits per heavy atom. The minimum atomic E-state index is -2.30. The Labute approximate surface area is 164 Å². The first-order valence-electron chi connectivity index (χ1n) is 8.99. The Bertz CT molecular complexity index is 824. The molecule has 0 bridgehead atoms. The van der Waals surface area contributed by atoms with Crippen LogP contribution < -0.4 is 15.0 Å². The number of carbonyl (C=O) groups excluding carboxylic acids is 2. The van der Waals surface area contributed by atoms with Crippen molar-refractivity contribution in [2.45, 2.75) is 57.6 Å². The number of methoxy groups -OCH3 is 1. The molecule has 1 aromatic rings. The second-order valence-corrected chi connectivity index (χ2v) is 8.39. The van der Waals surface area contributed by atoms with Crippen molar-refractivity contribution in [3.63, 3.8) is 0 Å². The molecule has 2 N–H and O–H groups in total. The first-order chi connectivity index (χ1) is 12.9. The number of amides is 2. The van der Waals surface area contributed by atoms with Gasteiger partial charge in [0.2, 0.25) is 5.79 Å². The molecule has 1 aromatic carbocycles. The van der Waals surface area contributed by atoms with E-state index in [2.05, 4.69) is 5.32 Å². The summed E-state index contributed by atoms with van der Waals surface area (Å²) in [4.78, 5) is 27.1. The highest BCUT2D eigenvalue weighted by Crippen LogP contribution is 2.44. The zero-order valence-corrected chi connectivity index (χ0v) is 16.9. The van der Waals surface area contributed by atoms with E-state index in [1.165, 1.54) is 11.2 Å². The van der Waals surface area contributed by atoms with E-state index in [1.807, 2.05) is 0 Å². The fourth-order valence-corrected chi connectivity index (χ4v) is 3.19. The number of aliphatic hydroxyl groups is 1. The predicted octanol–water partition coefficient (Wildman–Crippen LogP) is 1.68. The summed E-state index contributed by atoms with van der Waals surface area (Å²) in [6.45, 7) is 8.70. The molecule has 0 aliphatic carbocycles. The van der Waals surface area contributed by atoms with Crippen molar-refractivity contribution in [1.82, 2.24) is 5.32 Å². The van der Waals surface area contributed by atoms with Gasteiger partial charge in [-0.2, -0.15) is 0 Å². The molecule has 2 aliphatic heterocycles. The number of ether oxygens (including phenoxy) is 3. The second-order valence-electron chi connectivity index (χ2n) is 8.39. The lowest BCUT2D eigenvalue weighted by molar-refractivity contribution is -0.170. The molecule has 1 fully saturated rings. The maximum atomic E-state index is 13.0. The Balaban J connectivity index is 1.99. The van der Waals surface area contributed by atoms with E-state index in [0.717, 1.165) is 0 Å². The molecular formula is C20H26N2O6. The van der Waals surface area contributed by atoms with Crippen LogP contribution in [0.5, 0.6) is 5.75 Å². The smallest absolute Gasteiger partial charge is 0.272 e. The lowest BCUT2D eigenvalue weighted by Gasteiger charge is -2.51. The molecule has 2 aliphatic rings. The lowest BCUT2D eigenvalue weighted by Crippen LogP contribution is -2.80. The molecule has 1 saturated heterocycles. The van der Waals surface area contributed by atoms with Crippen LogP contribution in [0.15, 0.2) is 36.3 Å². The summed E-state index contributed by atoms with van der Waals surface area (Å²) in [7, 11) is 1.54. The molecule has 2 heterocycles. The van der Waals surface area contributed by atoms with Crippen molar-refractivity contribution in [1.29, 1.82) is 0 Å². The van der Waals surface area contributed by atoms with Crippen LogP contribution in [-0.4, -0.2) is 47.0 Å². The minimum Gasteiger partial charge on any atom is -0.497 e. The van der Waals surface area contributed by atoms with Gasteiger partial charge in [-0.3, -0.25) is 14.5 Å². The molecule has 0 spiro atoms. The number of hydrogen-bond acceptors (Lipinski definition) is 6. The number of benzene rings is 1. The van der Waals surface area contributed by atoms with Crippen LogP contribution in [0.4, 0.5) is 5.69 Å². The molecule has 0 radical (unpaired) electrons. The number of nitrogens with zero attached hydrogens (tertiary/aromatic N) is 1. The SMILES string of the molecule is COc1ccc(N2C(=O)[C@@](O)(C(=O)NC(C)(C)C)[C@@H]2C2=COC(C)(C)O2)cc1. The first-order valence-corrected chi connectivity index (χ1v) is 8.99. The topological polar surface area (TPSA) is 97.3 Å². The maximum Gasteiger partial charge on any atom is 0.272 e. The van der Waals surface area contributed by atoms with Crippen molar-refractivity contribution in [2.24, 2.45) is 0 Å². The van der Waals surface area contributed by atoms with Gasteiger partial charge in [-0.25, -0.2) is 0 Å². The summed E-state index contributed by atoms with van der Waals surface area (Å²) in [5.74, 6) is -1.66. The van der Waals surface area contributed by atoms with Crippen LogP contribution in [-0.2, 0) is 19.1 Å². The molecule has 8 heteroatoms. The molecule has 2 atom stereocenters. The van der Waals surface area contributed by atoms with Crippen molar-refractivity contribution >= 4 is 17.5 Å². The van der Waals surface area contributed by atoms with Crippen molar-refractivity contribution < 1.29 is 28.9 Å². The van der Waals surface area contributed by atoms with Crippen LogP contribution in [0.25, 0.3) is 0 Å². The predicted molar refractivity (Wildman–Crippen MR) is 101 cm³/mol. The van der Waals surface area contributed by atoms with Gasteiger partial charge in [0, 0.05) is 25.1 Å². The third-order valence-electron chi connectivity index (χ3n) is 4.48. The van der Waals surface area contributed by atoms with E-state index < -0.39 is 34.8 Å². The molecule has 2 amide bonds. The van der Waals surface area contributed by atoms with Crippen LogP contribution in [0.3, 0.4) is 0 Å². The zero-order chi connectivity index (χ0) is 20.9. The molecular weight excluding hydrogens is 364 g/mol. The number of carbonyl (C=O) groups is 2. The zero-order valence-electron chi connectivity index (χ0n) is 16.9. The second kappa shape index (κ2) is 6.41. The molecule has 0 saturated carbocycles. The number of rotatable bonds is 4. The van der Waals surface area contributed by atoms with Crippen LogP contribution >= 0.6 is 0 Å². The third kappa shape index (κ3) is 3.28. The fourth-order valence-electron chi connectivity index (χ4n) is 3.19. The van der Waals surface area contributed by atoms with Crippen LogP contribution in [0, 0.1) is 0 Å². The van der Waals surface area contributed by atoms with Gasteiger partial charge in [-0.05, 0) is 45.0 Å². The molecule has 28 heavy (non-hydrogen) atoms. The lowest BCUT2D eigenvalue weighted by atomic mass is 9.79. The van der Waals surface area contributed by atoms with Gasteiger partial charge in [-0.15, -0.1) is 0 Å². The Morgan fingerprint density at radius 3 is 2.32 bits per heavy atom. The summed E-state index contributed by atoms with van der Waals surface area (Å²) in [5.41, 5.74) is -2.43. The molecule has 152 valence electrons. The van der Waals surface area contributed by atoms with Gasteiger partial charge in [0.15, 0.2) is 5.76 Å². The van der Waals surface area contributed by atoms with Crippen molar-refractivity contribution in [2.75, 3.05) is 12.0 Å². The average Bonchev–Trinajstić information content (AvgIpc) is 2.96. The largest absolute Gasteiger partial charge is 0.497 e. The Morgan fingerprint density at radius 2 is 1.86 bits per heavy atom. The van der Waals surface area contributed by atoms with Crippen molar-refractivity contribution in [3.05, 3.63) is 36.3 Å². The normalized spacial score (nSPS) is 26.0. The van der Waals surface area contributed by atoms with Crippen LogP contribution in [0.2, 0.25) is 0 Å². The standard InChI is InChI=1S/C20H26N2O6/c1-18(2,3)21-16(23)20(25)15(14-11-27-19(4,5)28-14)22(17(20)24)12-7-9-13(26-6)10-8-12/h7-11,15,25H,1-6H3,(H,21,23)/t15-,20-/m0/s1. The molecule has 0 unspecified atom stereocenters. The highest BCUT2D eigenvalue weighted by molar-refractivity contribution is 6.23. The van der Waals surface area contributed by atoms with Gasteiger partial charge in [0.1, 0.15) is 18.1 Å². The average molecular weight is 390 g/mol. The van der Waals surface area contributed by atoms with Gasteiger partial charge in [-0.1, -0.05) is 0 Å².